The van der Waals surface area contributed by atoms with Crippen LogP contribution < -0.4 is 45.3 Å². The Bertz CT molecular complexity index is 1970. The summed E-state index contributed by atoms with van der Waals surface area (Å²) in [5, 5.41) is 5.95. The molecule has 2 aliphatic heterocycles. The Morgan fingerprint density at radius 1 is 1.08 bits per heavy atom. The normalized spacial score (nSPS) is 17.0. The molecule has 0 aliphatic carbocycles. The van der Waals surface area contributed by atoms with Crippen molar-refractivity contribution in [2.24, 2.45) is 10.9 Å². The van der Waals surface area contributed by atoms with Crippen molar-refractivity contribution >= 4 is 57.8 Å². The number of oxime groups is 1. The van der Waals surface area contributed by atoms with E-state index in [1.165, 1.54) is 23.8 Å². The minimum atomic E-state index is -0.989. The van der Waals surface area contributed by atoms with Gasteiger partial charge in [-0.1, -0.05) is 71.9 Å². The molecular formula is C34H31IN8O6S2. The van der Waals surface area contributed by atoms with Gasteiger partial charge >= 0.3 is 5.97 Å². The van der Waals surface area contributed by atoms with Crippen LogP contribution in [0.5, 0.6) is 0 Å². The van der Waals surface area contributed by atoms with E-state index in [-0.39, 0.29) is 46.3 Å². The number of anilines is 1. The van der Waals surface area contributed by atoms with Gasteiger partial charge in [0.15, 0.2) is 30.2 Å². The Hall–Kier alpha value is -5.14. The average Bonchev–Trinajstić information content (AvgIpc) is 3.57. The van der Waals surface area contributed by atoms with Crippen molar-refractivity contribution < 1.29 is 57.3 Å². The molecule has 51 heavy (non-hydrogen) atoms. The molecule has 14 nitrogen and oxygen atoms in total. The van der Waals surface area contributed by atoms with Crippen LogP contribution in [-0.4, -0.2) is 67.9 Å². The maximum atomic E-state index is 14.2. The van der Waals surface area contributed by atoms with E-state index < -0.39 is 41.2 Å². The van der Waals surface area contributed by atoms with Crippen molar-refractivity contribution in [1.82, 2.24) is 19.6 Å². The summed E-state index contributed by atoms with van der Waals surface area (Å²) in [4.78, 5) is 62.9. The first-order valence-corrected chi connectivity index (χ1v) is 17.0. The molecule has 2 aromatic heterocycles. The average molecular weight is 839 g/mol. The topological polar surface area (TPSA) is 196 Å². The number of nitrogens with two attached hydrogens (primary N) is 2. The zero-order valence-electron chi connectivity index (χ0n) is 26.9. The van der Waals surface area contributed by atoms with Crippen LogP contribution >= 0.6 is 23.3 Å². The van der Waals surface area contributed by atoms with E-state index in [1.807, 2.05) is 71.3 Å². The van der Waals surface area contributed by atoms with E-state index in [0.717, 1.165) is 22.7 Å². The number of nitrogen functional groups attached to an aromatic ring is 1. The molecule has 0 bridgehead atoms. The van der Waals surface area contributed by atoms with Crippen molar-refractivity contribution in [3.63, 3.8) is 0 Å². The molecule has 5 N–H and O–H groups in total. The van der Waals surface area contributed by atoms with Crippen LogP contribution in [0.1, 0.15) is 33.4 Å². The molecule has 1 unspecified atom stereocenters. The molecule has 0 spiro atoms. The summed E-state index contributed by atoms with van der Waals surface area (Å²) in [5.74, 6) is -2.19. The van der Waals surface area contributed by atoms with Gasteiger partial charge in [0.1, 0.15) is 24.2 Å². The van der Waals surface area contributed by atoms with Crippen molar-refractivity contribution in [2.45, 2.75) is 24.1 Å². The van der Waals surface area contributed by atoms with Gasteiger partial charge in [-0.05, 0) is 22.8 Å². The van der Waals surface area contributed by atoms with Gasteiger partial charge in [0.2, 0.25) is 17.4 Å². The van der Waals surface area contributed by atoms with Crippen LogP contribution in [0.4, 0.5) is 5.13 Å². The number of halogens is 1. The first kappa shape index (κ1) is 37.1. The van der Waals surface area contributed by atoms with Crippen LogP contribution in [0.2, 0.25) is 0 Å². The third kappa shape index (κ3) is 8.26. The number of rotatable bonds is 12. The minimum Gasteiger partial charge on any atom is -1.00 e. The second-order valence-electron chi connectivity index (χ2n) is 11.0. The lowest BCUT2D eigenvalue weighted by molar-refractivity contribution is -0.687. The van der Waals surface area contributed by atoms with E-state index in [0.29, 0.717) is 23.4 Å². The number of thioether (sulfide) groups is 1. The van der Waals surface area contributed by atoms with Crippen molar-refractivity contribution in [3.8, 4) is 0 Å². The third-order valence-corrected chi connectivity index (χ3v) is 9.61. The number of nitrogens with one attached hydrogen (secondary N) is 1. The van der Waals surface area contributed by atoms with Crippen molar-refractivity contribution in [3.05, 3.63) is 131 Å². The van der Waals surface area contributed by atoms with Crippen LogP contribution in [0.3, 0.4) is 0 Å². The Labute approximate surface area is 317 Å². The molecular weight excluding hydrogens is 807 g/mol. The van der Waals surface area contributed by atoms with Gasteiger partial charge in [-0.3, -0.25) is 19.3 Å². The standard InChI is InChI=1S/C34H30N8O6S2.HI/c1-47-39-24(29-38-34(36)50-40-29)30(44)37-25-31(45)42-26(33(46)48-27(20-9-4-2-5-10-20)21-11-6-3-7-12-21)23(19-49-32(25)42)13-8-16-41-17-14-22(15-18-41)28(35)43;/h2-15,17-18,25,27,32H,16,19H2,1H3,(H4-,35,36,37,38,40,43,44);1H/t25?,32-;/m1./s1. The molecule has 0 saturated carbocycles. The Kier molecular flexibility index (Phi) is 12.2. The molecule has 1 saturated heterocycles. The number of hydrogen-bond donors (Lipinski definition) is 3. The van der Waals surface area contributed by atoms with Gasteiger partial charge < -0.3 is 50.3 Å². The first-order valence-electron chi connectivity index (χ1n) is 15.2. The lowest BCUT2D eigenvalue weighted by Crippen LogP contribution is -3.00. The van der Waals surface area contributed by atoms with Gasteiger partial charge in [-0.15, -0.1) is 11.8 Å². The minimum absolute atomic E-state index is 0. The van der Waals surface area contributed by atoms with Crippen LogP contribution in [0.15, 0.2) is 114 Å². The number of carbonyl (C=O) groups is 4. The molecule has 2 atom stereocenters. The molecule has 262 valence electrons. The largest absolute Gasteiger partial charge is 1.00 e. The predicted octanol–water partition coefficient (Wildman–Crippen LogP) is -0.896. The van der Waals surface area contributed by atoms with E-state index >= 15 is 0 Å². The summed E-state index contributed by atoms with van der Waals surface area (Å²) in [6, 6.07) is 20.9. The predicted molar refractivity (Wildman–Crippen MR) is 185 cm³/mol. The Morgan fingerprint density at radius 2 is 1.73 bits per heavy atom. The highest BCUT2D eigenvalue weighted by atomic mass is 127. The molecule has 1 fully saturated rings. The van der Waals surface area contributed by atoms with E-state index in [4.69, 9.17) is 21.0 Å². The number of carbonyl (C=O) groups excluding carboxylic acids is 4. The van der Waals surface area contributed by atoms with E-state index in [2.05, 4.69) is 19.8 Å². The van der Waals surface area contributed by atoms with Crippen LogP contribution in [0.25, 0.3) is 0 Å². The maximum Gasteiger partial charge on any atom is 0.356 e. The molecule has 4 heterocycles. The summed E-state index contributed by atoms with van der Waals surface area (Å²) in [6.07, 6.45) is 6.28. The smallest absolute Gasteiger partial charge is 0.356 e. The Morgan fingerprint density at radius 3 is 2.29 bits per heavy atom. The summed E-state index contributed by atoms with van der Waals surface area (Å²) in [6.45, 7) is 0.402. The molecule has 6 rings (SSSR count). The maximum absolute atomic E-state index is 14.2. The number of benzene rings is 2. The number of aromatic nitrogens is 3. The second-order valence-corrected chi connectivity index (χ2v) is 12.9. The van der Waals surface area contributed by atoms with Gasteiger partial charge in [-0.25, -0.2) is 9.36 Å². The van der Waals surface area contributed by atoms with Crippen molar-refractivity contribution in [1.29, 1.82) is 0 Å². The lowest BCUT2D eigenvalue weighted by Gasteiger charge is -2.49. The number of allylic oxidation sites excluding steroid dienone is 2. The fraction of sp³-hybridized carbons (Fsp3) is 0.176. The van der Waals surface area contributed by atoms with Gasteiger partial charge in [0.05, 0.1) is 5.56 Å². The summed E-state index contributed by atoms with van der Waals surface area (Å²) in [7, 11) is 1.26. The van der Waals surface area contributed by atoms with Gasteiger partial charge in [0.25, 0.3) is 11.8 Å². The SMILES string of the molecule is CON=C(C(=O)NC1C(=O)N2C(C(=O)OC(c3ccccc3)c3ccccc3)=C(C=CC[n+]3ccc(C(N)=O)cc3)CS[C@H]12)c1nsc(N)n1.[I-]. The molecule has 3 amide bonds. The van der Waals surface area contributed by atoms with E-state index in [9.17, 15) is 19.2 Å². The van der Waals surface area contributed by atoms with E-state index in [1.54, 1.807) is 30.6 Å². The van der Waals surface area contributed by atoms with Gasteiger partial charge in [0, 0.05) is 29.4 Å². The number of primary amides is 1. The zero-order valence-corrected chi connectivity index (χ0v) is 30.7. The summed E-state index contributed by atoms with van der Waals surface area (Å²) >= 11 is 2.26. The number of fused-ring (bicyclic) bond motifs is 1. The number of ether oxygens (including phenoxy) is 1. The highest BCUT2D eigenvalue weighted by Crippen LogP contribution is 2.42. The fourth-order valence-electron chi connectivity index (χ4n) is 5.38. The zero-order chi connectivity index (χ0) is 35.2. The molecule has 17 heteroatoms. The van der Waals surface area contributed by atoms with Crippen LogP contribution in [-0.2, 0) is 30.5 Å². The monoisotopic (exact) mass is 838 g/mol. The molecule has 4 aromatic rings. The molecule has 0 radical (unpaired) electrons. The molecule has 2 aliphatic rings. The number of esters is 1. The number of pyridine rings is 1. The Balaban J connectivity index is 0.00000504. The summed E-state index contributed by atoms with van der Waals surface area (Å²) < 4.78 is 12.1. The number of amides is 3. The van der Waals surface area contributed by atoms with Gasteiger partial charge in [-0.2, -0.15) is 9.36 Å². The number of hydrogen-bond acceptors (Lipinski definition) is 12. The third-order valence-electron chi connectivity index (χ3n) is 7.77. The quantitative estimate of drug-likeness (QED) is 0.0402. The summed E-state index contributed by atoms with van der Waals surface area (Å²) in [5.41, 5.74) is 13.3. The number of β-lactam (4-membered cyclic amide) rings is 1. The second kappa shape index (κ2) is 16.7. The molecule has 2 aromatic carbocycles. The first-order chi connectivity index (χ1) is 24.2. The highest BCUT2D eigenvalue weighted by molar-refractivity contribution is 8.00. The highest BCUT2D eigenvalue weighted by Gasteiger charge is 2.55. The van der Waals surface area contributed by atoms with Crippen molar-refractivity contribution in [2.75, 3.05) is 18.6 Å². The lowest BCUT2D eigenvalue weighted by atomic mass is 10.0. The van der Waals surface area contributed by atoms with Crippen LogP contribution in [0, 0.1) is 0 Å². The fourth-order valence-corrected chi connectivity index (χ4v) is 7.14. The number of nitrogens with zero attached hydrogens (tertiary/aromatic N) is 5.